The minimum absolute atomic E-state index is 0.356. The molecular formula is C14H22BrN3O. The fourth-order valence-corrected chi connectivity index (χ4v) is 3.16. The van der Waals surface area contributed by atoms with Gasteiger partial charge in [-0.15, -0.1) is 0 Å². The molecule has 1 aromatic rings. The van der Waals surface area contributed by atoms with Crippen molar-refractivity contribution in [2.45, 2.75) is 51.6 Å². The van der Waals surface area contributed by atoms with Crippen LogP contribution in [0.25, 0.3) is 0 Å². The Labute approximate surface area is 123 Å². The lowest BCUT2D eigenvalue weighted by Crippen LogP contribution is -2.35. The SMILES string of the molecule is CCc1nc(C2(OC)CCC(C)CC2)nc(N)c1Br. The van der Waals surface area contributed by atoms with Crippen molar-refractivity contribution in [3.8, 4) is 0 Å². The van der Waals surface area contributed by atoms with Gasteiger partial charge in [-0.1, -0.05) is 13.8 Å². The zero-order valence-electron chi connectivity index (χ0n) is 11.9. The number of halogens is 1. The van der Waals surface area contributed by atoms with E-state index < -0.39 is 0 Å². The van der Waals surface area contributed by atoms with E-state index in [0.717, 1.165) is 54.0 Å². The molecule has 1 aliphatic rings. The molecule has 1 aliphatic carbocycles. The third-order valence-electron chi connectivity index (χ3n) is 4.16. The van der Waals surface area contributed by atoms with Crippen molar-refractivity contribution in [2.75, 3.05) is 12.8 Å². The molecule has 0 unspecified atom stereocenters. The van der Waals surface area contributed by atoms with Crippen LogP contribution in [0.1, 0.15) is 51.0 Å². The Hall–Kier alpha value is -0.680. The number of ether oxygens (including phenoxy) is 1. The lowest BCUT2D eigenvalue weighted by molar-refractivity contribution is -0.0597. The van der Waals surface area contributed by atoms with E-state index in [0.29, 0.717) is 5.82 Å². The molecule has 1 heterocycles. The molecule has 106 valence electrons. The van der Waals surface area contributed by atoms with Crippen LogP contribution in [0.2, 0.25) is 0 Å². The van der Waals surface area contributed by atoms with E-state index in [1.807, 2.05) is 0 Å². The molecule has 1 saturated carbocycles. The van der Waals surface area contributed by atoms with Crippen LogP contribution in [0, 0.1) is 5.92 Å². The average Bonchev–Trinajstić information content (AvgIpc) is 2.43. The van der Waals surface area contributed by atoms with Gasteiger partial charge in [-0.25, -0.2) is 9.97 Å². The molecule has 4 nitrogen and oxygen atoms in total. The Kier molecular flexibility index (Phi) is 4.46. The normalized spacial score (nSPS) is 27.5. The molecule has 5 heteroatoms. The van der Waals surface area contributed by atoms with Crippen LogP contribution in [0.3, 0.4) is 0 Å². The second-order valence-corrected chi connectivity index (χ2v) is 6.22. The van der Waals surface area contributed by atoms with Gasteiger partial charge >= 0.3 is 0 Å². The molecule has 0 atom stereocenters. The fourth-order valence-electron chi connectivity index (χ4n) is 2.70. The quantitative estimate of drug-likeness (QED) is 0.923. The number of methoxy groups -OCH3 is 1. The first-order valence-corrected chi connectivity index (χ1v) is 7.69. The monoisotopic (exact) mass is 327 g/mol. The molecule has 0 radical (unpaired) electrons. The van der Waals surface area contributed by atoms with Gasteiger partial charge < -0.3 is 10.5 Å². The molecule has 1 fully saturated rings. The number of anilines is 1. The Morgan fingerprint density at radius 3 is 2.53 bits per heavy atom. The molecule has 0 aliphatic heterocycles. The molecule has 19 heavy (non-hydrogen) atoms. The topological polar surface area (TPSA) is 61.0 Å². The highest BCUT2D eigenvalue weighted by Gasteiger charge is 2.39. The Balaban J connectivity index is 2.41. The maximum absolute atomic E-state index is 5.99. The summed E-state index contributed by atoms with van der Waals surface area (Å²) in [4.78, 5) is 9.15. The summed E-state index contributed by atoms with van der Waals surface area (Å²) in [6.45, 7) is 4.35. The summed E-state index contributed by atoms with van der Waals surface area (Å²) in [5, 5.41) is 0. The zero-order valence-corrected chi connectivity index (χ0v) is 13.5. The maximum atomic E-state index is 5.99. The summed E-state index contributed by atoms with van der Waals surface area (Å²) in [6.07, 6.45) is 5.06. The predicted molar refractivity (Wildman–Crippen MR) is 79.8 cm³/mol. The number of rotatable bonds is 3. The van der Waals surface area contributed by atoms with E-state index in [-0.39, 0.29) is 5.60 Å². The minimum atomic E-state index is -0.356. The van der Waals surface area contributed by atoms with Gasteiger partial charge in [0, 0.05) is 7.11 Å². The highest BCUT2D eigenvalue weighted by atomic mass is 79.9. The van der Waals surface area contributed by atoms with E-state index in [1.165, 1.54) is 0 Å². The lowest BCUT2D eigenvalue weighted by atomic mass is 9.79. The molecule has 0 aromatic carbocycles. The van der Waals surface area contributed by atoms with Crippen molar-refractivity contribution in [1.29, 1.82) is 0 Å². The van der Waals surface area contributed by atoms with Crippen LogP contribution in [0.5, 0.6) is 0 Å². The second-order valence-electron chi connectivity index (χ2n) is 5.43. The highest BCUT2D eigenvalue weighted by molar-refractivity contribution is 9.10. The van der Waals surface area contributed by atoms with E-state index in [2.05, 4.69) is 39.7 Å². The van der Waals surface area contributed by atoms with Crippen molar-refractivity contribution in [3.63, 3.8) is 0 Å². The second kappa shape index (κ2) is 5.75. The van der Waals surface area contributed by atoms with Crippen molar-refractivity contribution in [3.05, 3.63) is 16.0 Å². The Morgan fingerprint density at radius 2 is 2.00 bits per heavy atom. The van der Waals surface area contributed by atoms with Gasteiger partial charge in [-0.2, -0.15) is 0 Å². The van der Waals surface area contributed by atoms with Crippen LogP contribution in [0.15, 0.2) is 4.47 Å². The van der Waals surface area contributed by atoms with Crippen LogP contribution in [-0.4, -0.2) is 17.1 Å². The third kappa shape index (κ3) is 2.77. The molecule has 0 spiro atoms. The van der Waals surface area contributed by atoms with Gasteiger partial charge in [0.2, 0.25) is 0 Å². The first kappa shape index (κ1) is 14.7. The number of aromatic nitrogens is 2. The van der Waals surface area contributed by atoms with Crippen molar-refractivity contribution in [2.24, 2.45) is 5.92 Å². The summed E-state index contributed by atoms with van der Waals surface area (Å²) >= 11 is 3.46. The van der Waals surface area contributed by atoms with E-state index in [9.17, 15) is 0 Å². The van der Waals surface area contributed by atoms with E-state index >= 15 is 0 Å². The highest BCUT2D eigenvalue weighted by Crippen LogP contribution is 2.41. The van der Waals surface area contributed by atoms with Gasteiger partial charge in [0.25, 0.3) is 0 Å². The number of nitrogens with zero attached hydrogens (tertiary/aromatic N) is 2. The maximum Gasteiger partial charge on any atom is 0.162 e. The van der Waals surface area contributed by atoms with Gasteiger partial charge in [0.15, 0.2) is 5.82 Å². The lowest BCUT2D eigenvalue weighted by Gasteiger charge is -2.37. The molecule has 0 saturated heterocycles. The summed E-state index contributed by atoms with van der Waals surface area (Å²) in [5.74, 6) is 2.01. The van der Waals surface area contributed by atoms with Gasteiger partial charge in [0.1, 0.15) is 11.4 Å². The van der Waals surface area contributed by atoms with Crippen molar-refractivity contribution < 1.29 is 4.74 Å². The number of hydrogen-bond donors (Lipinski definition) is 1. The van der Waals surface area contributed by atoms with E-state index in [4.69, 9.17) is 10.5 Å². The van der Waals surface area contributed by atoms with E-state index in [1.54, 1.807) is 7.11 Å². The summed E-state index contributed by atoms with van der Waals surface area (Å²) in [5.41, 5.74) is 6.59. The summed E-state index contributed by atoms with van der Waals surface area (Å²) in [7, 11) is 1.75. The van der Waals surface area contributed by atoms with Crippen LogP contribution in [0.4, 0.5) is 5.82 Å². The molecule has 2 rings (SSSR count). The molecule has 0 amide bonds. The van der Waals surface area contributed by atoms with Crippen LogP contribution in [-0.2, 0) is 16.8 Å². The number of nitrogens with two attached hydrogens (primary N) is 1. The number of nitrogen functional groups attached to an aromatic ring is 1. The van der Waals surface area contributed by atoms with Crippen LogP contribution >= 0.6 is 15.9 Å². The van der Waals surface area contributed by atoms with Gasteiger partial charge in [0.05, 0.1) is 10.2 Å². The Morgan fingerprint density at radius 1 is 1.37 bits per heavy atom. The number of hydrogen-bond acceptors (Lipinski definition) is 4. The number of aryl methyl sites for hydroxylation is 1. The third-order valence-corrected chi connectivity index (χ3v) is 5.02. The fraction of sp³-hybridized carbons (Fsp3) is 0.714. The van der Waals surface area contributed by atoms with Crippen LogP contribution < -0.4 is 5.73 Å². The van der Waals surface area contributed by atoms with Gasteiger partial charge in [-0.3, -0.25) is 0 Å². The molecule has 1 aromatic heterocycles. The largest absolute Gasteiger partial charge is 0.383 e. The predicted octanol–water partition coefficient (Wildman–Crippen LogP) is 3.44. The molecule has 0 bridgehead atoms. The molecule has 2 N–H and O–H groups in total. The smallest absolute Gasteiger partial charge is 0.162 e. The van der Waals surface area contributed by atoms with Crippen molar-refractivity contribution in [1.82, 2.24) is 9.97 Å². The standard InChI is InChI=1S/C14H22BrN3O/c1-4-10-11(15)12(16)18-13(17-10)14(19-3)7-5-9(2)6-8-14/h9H,4-8H2,1-3H3,(H2,16,17,18). The Bertz CT molecular complexity index is 456. The first-order valence-electron chi connectivity index (χ1n) is 6.90. The minimum Gasteiger partial charge on any atom is -0.383 e. The molecular weight excluding hydrogens is 306 g/mol. The first-order chi connectivity index (χ1) is 9.02. The summed E-state index contributed by atoms with van der Waals surface area (Å²) < 4.78 is 6.63. The zero-order chi connectivity index (χ0) is 14.0. The van der Waals surface area contributed by atoms with Gasteiger partial charge in [-0.05, 0) is 54.0 Å². The summed E-state index contributed by atoms with van der Waals surface area (Å²) in [6, 6.07) is 0. The van der Waals surface area contributed by atoms with Crippen molar-refractivity contribution >= 4 is 21.7 Å². The average molecular weight is 328 g/mol.